The van der Waals surface area contributed by atoms with E-state index in [4.69, 9.17) is 9.47 Å². The number of thiophene rings is 1. The number of rotatable bonds is 11. The molecule has 0 saturated carbocycles. The average Bonchev–Trinajstić information content (AvgIpc) is 3.42. The molecular weight excluding hydrogens is 515 g/mol. The number of esters is 1. The first-order valence-corrected chi connectivity index (χ1v) is 13.8. The molecule has 3 aromatic rings. The van der Waals surface area contributed by atoms with Crippen LogP contribution in [0.2, 0.25) is 0 Å². The molecule has 0 aliphatic heterocycles. The quantitative estimate of drug-likeness (QED) is 0.199. The molecule has 1 amide bonds. The largest absolute Gasteiger partial charge is 0.486 e. The predicted molar refractivity (Wildman–Crippen MR) is 142 cm³/mol. The fourth-order valence-electron chi connectivity index (χ4n) is 4.07. The molecule has 0 saturated heterocycles. The lowest BCUT2D eigenvalue weighted by Gasteiger charge is -2.18. The highest BCUT2D eigenvalue weighted by molar-refractivity contribution is 7.99. The molecule has 11 heteroatoms. The number of halogens is 1. The third-order valence-corrected chi connectivity index (χ3v) is 8.00. The van der Waals surface area contributed by atoms with E-state index in [1.165, 1.54) is 47.4 Å². The van der Waals surface area contributed by atoms with Crippen LogP contribution in [-0.4, -0.2) is 39.0 Å². The zero-order valence-electron chi connectivity index (χ0n) is 20.8. The Balaban J connectivity index is 1.43. The van der Waals surface area contributed by atoms with Crippen molar-refractivity contribution in [3.05, 3.63) is 64.6 Å². The number of hydrogen-bond acceptors (Lipinski definition) is 8. The van der Waals surface area contributed by atoms with Crippen LogP contribution in [0.4, 0.5) is 9.39 Å². The van der Waals surface area contributed by atoms with Gasteiger partial charge in [0.05, 0.1) is 17.9 Å². The lowest BCUT2D eigenvalue weighted by molar-refractivity contribution is -0.113. The number of fused-ring (bicyclic) bond motifs is 1. The summed E-state index contributed by atoms with van der Waals surface area (Å²) in [7, 11) is 0. The van der Waals surface area contributed by atoms with Crippen LogP contribution in [-0.2, 0) is 35.5 Å². The Labute approximate surface area is 223 Å². The summed E-state index contributed by atoms with van der Waals surface area (Å²) in [5.74, 6) is 0.692. The summed E-state index contributed by atoms with van der Waals surface area (Å²) in [5, 5.41) is 12.4. The number of nitrogens with one attached hydrogen (secondary N) is 1. The molecule has 4 rings (SSSR count). The van der Waals surface area contributed by atoms with Gasteiger partial charge in [-0.15, -0.1) is 28.1 Å². The van der Waals surface area contributed by atoms with E-state index in [0.717, 1.165) is 29.7 Å². The number of carbonyl (C=O) groups is 2. The van der Waals surface area contributed by atoms with E-state index in [9.17, 15) is 14.0 Å². The molecule has 0 radical (unpaired) electrons. The van der Waals surface area contributed by atoms with Crippen molar-refractivity contribution in [2.24, 2.45) is 5.92 Å². The Morgan fingerprint density at radius 3 is 2.84 bits per heavy atom. The van der Waals surface area contributed by atoms with E-state index in [-0.39, 0.29) is 30.7 Å². The lowest BCUT2D eigenvalue weighted by Crippen LogP contribution is -2.18. The number of nitrogens with zero attached hydrogens (tertiary/aromatic N) is 3. The predicted octanol–water partition coefficient (Wildman–Crippen LogP) is 5.28. The van der Waals surface area contributed by atoms with Gasteiger partial charge in [0.15, 0.2) is 11.0 Å². The Hall–Kier alpha value is -3.18. The Morgan fingerprint density at radius 2 is 2.11 bits per heavy atom. The average molecular weight is 545 g/mol. The van der Waals surface area contributed by atoms with Gasteiger partial charge in [0.1, 0.15) is 23.2 Å². The molecule has 1 N–H and O–H groups in total. The van der Waals surface area contributed by atoms with Crippen LogP contribution < -0.4 is 10.1 Å². The van der Waals surface area contributed by atoms with Crippen LogP contribution in [0.1, 0.15) is 46.9 Å². The summed E-state index contributed by atoms with van der Waals surface area (Å²) in [5.41, 5.74) is 1.49. The third-order valence-electron chi connectivity index (χ3n) is 5.86. The van der Waals surface area contributed by atoms with Crippen molar-refractivity contribution in [2.75, 3.05) is 17.7 Å². The van der Waals surface area contributed by atoms with E-state index < -0.39 is 5.97 Å². The highest BCUT2D eigenvalue weighted by Gasteiger charge is 2.29. The van der Waals surface area contributed by atoms with Crippen LogP contribution in [0, 0.1) is 11.7 Å². The highest BCUT2D eigenvalue weighted by atomic mass is 32.2. The van der Waals surface area contributed by atoms with Crippen LogP contribution in [0.15, 0.2) is 42.1 Å². The molecule has 2 heterocycles. The molecule has 1 aliphatic rings. The minimum absolute atomic E-state index is 0.0787. The Bertz CT molecular complexity index is 1270. The van der Waals surface area contributed by atoms with Gasteiger partial charge in [-0.25, -0.2) is 9.18 Å². The standard InChI is InChI=1S/C26H29FN4O4S2/c1-4-12-31-21(14-35-18-9-7-17(27)8-10-18)29-30-26(31)36-15-22(32)28-24-23(25(33)34-5-2)19-11-6-16(3)13-20(19)37-24/h4,7-10,16H,1,5-6,11-15H2,2-3H3,(H,28,32). The first-order chi connectivity index (χ1) is 17.9. The van der Waals surface area contributed by atoms with Crippen molar-refractivity contribution in [1.82, 2.24) is 14.8 Å². The normalized spacial score (nSPS) is 14.6. The Morgan fingerprint density at radius 1 is 1.32 bits per heavy atom. The van der Waals surface area contributed by atoms with Crippen molar-refractivity contribution in [2.45, 2.75) is 51.4 Å². The van der Waals surface area contributed by atoms with Crippen LogP contribution in [0.3, 0.4) is 0 Å². The van der Waals surface area contributed by atoms with Crippen LogP contribution in [0.5, 0.6) is 5.75 Å². The molecule has 196 valence electrons. The van der Waals surface area contributed by atoms with Gasteiger partial charge in [-0.3, -0.25) is 9.36 Å². The number of ether oxygens (including phenoxy) is 2. The van der Waals surface area contributed by atoms with E-state index >= 15 is 0 Å². The van der Waals surface area contributed by atoms with Gasteiger partial charge in [-0.1, -0.05) is 24.8 Å². The molecule has 1 atom stereocenters. The van der Waals surface area contributed by atoms with Gasteiger partial charge in [0.25, 0.3) is 0 Å². The summed E-state index contributed by atoms with van der Waals surface area (Å²) in [6.45, 7) is 8.58. The monoisotopic (exact) mass is 544 g/mol. The van der Waals surface area contributed by atoms with Gasteiger partial charge in [0, 0.05) is 11.4 Å². The topological polar surface area (TPSA) is 95.3 Å². The number of carbonyl (C=O) groups excluding carboxylic acids is 2. The minimum Gasteiger partial charge on any atom is -0.486 e. The number of hydrogen-bond donors (Lipinski definition) is 1. The molecule has 0 bridgehead atoms. The molecule has 0 spiro atoms. The van der Waals surface area contributed by atoms with Crippen molar-refractivity contribution >= 4 is 40.0 Å². The molecular formula is C26H29FN4O4S2. The maximum atomic E-state index is 13.1. The maximum absolute atomic E-state index is 13.1. The van der Waals surface area contributed by atoms with Gasteiger partial charge in [-0.05, 0) is 61.9 Å². The van der Waals surface area contributed by atoms with E-state index in [2.05, 4.69) is 29.0 Å². The summed E-state index contributed by atoms with van der Waals surface area (Å²) in [6, 6.07) is 5.72. The number of thioether (sulfide) groups is 1. The zero-order chi connectivity index (χ0) is 26.4. The third kappa shape index (κ3) is 6.58. The number of benzene rings is 1. The molecule has 1 unspecified atom stereocenters. The van der Waals surface area contributed by atoms with Gasteiger partial charge < -0.3 is 14.8 Å². The summed E-state index contributed by atoms with van der Waals surface area (Å²) >= 11 is 2.69. The van der Waals surface area contributed by atoms with Crippen molar-refractivity contribution < 1.29 is 23.5 Å². The number of amides is 1. The van der Waals surface area contributed by atoms with Crippen LogP contribution in [0.25, 0.3) is 0 Å². The summed E-state index contributed by atoms with van der Waals surface area (Å²) in [4.78, 5) is 26.7. The van der Waals surface area contributed by atoms with Gasteiger partial charge >= 0.3 is 5.97 Å². The first-order valence-electron chi connectivity index (χ1n) is 12.0. The van der Waals surface area contributed by atoms with E-state index in [0.29, 0.717) is 39.8 Å². The summed E-state index contributed by atoms with van der Waals surface area (Å²) < 4.78 is 25.9. The fourth-order valence-corrected chi connectivity index (χ4v) is 6.26. The lowest BCUT2D eigenvalue weighted by atomic mass is 9.88. The number of aromatic nitrogens is 3. The van der Waals surface area contributed by atoms with Gasteiger partial charge in [0.2, 0.25) is 5.91 Å². The molecule has 1 aromatic carbocycles. The number of anilines is 1. The molecule has 1 aliphatic carbocycles. The highest BCUT2D eigenvalue weighted by Crippen LogP contribution is 2.40. The zero-order valence-corrected chi connectivity index (χ0v) is 22.4. The second-order valence-electron chi connectivity index (χ2n) is 8.65. The molecule has 2 aromatic heterocycles. The van der Waals surface area contributed by atoms with E-state index in [1.54, 1.807) is 13.0 Å². The fraction of sp³-hybridized carbons (Fsp3) is 0.385. The first kappa shape index (κ1) is 26.9. The maximum Gasteiger partial charge on any atom is 0.341 e. The van der Waals surface area contributed by atoms with Crippen molar-refractivity contribution in [1.29, 1.82) is 0 Å². The van der Waals surface area contributed by atoms with Crippen molar-refractivity contribution in [3.8, 4) is 5.75 Å². The SMILES string of the molecule is C=CCn1c(COc2ccc(F)cc2)nnc1SCC(=O)Nc1sc2c(c1C(=O)OCC)CCC(C)C2. The molecule has 37 heavy (non-hydrogen) atoms. The minimum atomic E-state index is -0.394. The molecule has 0 fully saturated rings. The van der Waals surface area contributed by atoms with E-state index in [1.807, 2.05) is 4.57 Å². The number of allylic oxidation sites excluding steroid dienone is 1. The Kier molecular flexibility index (Phi) is 8.99. The molecule has 8 nitrogen and oxygen atoms in total. The second kappa shape index (κ2) is 12.4. The summed E-state index contributed by atoms with van der Waals surface area (Å²) in [6.07, 6.45) is 4.41. The van der Waals surface area contributed by atoms with Crippen LogP contribution >= 0.6 is 23.1 Å². The second-order valence-corrected chi connectivity index (χ2v) is 10.7. The van der Waals surface area contributed by atoms with Gasteiger partial charge in [-0.2, -0.15) is 0 Å². The smallest absolute Gasteiger partial charge is 0.341 e. The van der Waals surface area contributed by atoms with Crippen molar-refractivity contribution in [3.63, 3.8) is 0 Å².